The van der Waals surface area contributed by atoms with Crippen molar-refractivity contribution in [3.05, 3.63) is 20.7 Å². The van der Waals surface area contributed by atoms with Gasteiger partial charge in [0.05, 0.1) is 0 Å². The number of carbonyl (C=O) groups is 2. The van der Waals surface area contributed by atoms with Gasteiger partial charge >= 0.3 is 10.8 Å². The molecule has 0 spiro atoms. The zero-order valence-electron chi connectivity index (χ0n) is 13.0. The average Bonchev–Trinajstić information content (AvgIpc) is 2.80. The standard InChI is InChI=1S/C15H22N2O4S/c1-10-9-22-15(20)17(10)8-13(18)21-11(2)14(19)16-12-6-4-3-5-7-12/h9,11-12H,3-8H2,1-2H3,(H,16,19). The number of nitrogens with one attached hydrogen (secondary N) is 1. The number of ether oxygens (including phenoxy) is 1. The van der Waals surface area contributed by atoms with Crippen molar-refractivity contribution >= 4 is 23.2 Å². The summed E-state index contributed by atoms with van der Waals surface area (Å²) in [6, 6.07) is 0.184. The summed E-state index contributed by atoms with van der Waals surface area (Å²) in [6.07, 6.45) is 4.58. The van der Waals surface area contributed by atoms with Crippen molar-refractivity contribution in [1.29, 1.82) is 0 Å². The van der Waals surface area contributed by atoms with Gasteiger partial charge in [-0.15, -0.1) is 0 Å². The van der Waals surface area contributed by atoms with Crippen LogP contribution in [0.15, 0.2) is 10.2 Å². The van der Waals surface area contributed by atoms with Crippen LogP contribution in [0.4, 0.5) is 0 Å². The van der Waals surface area contributed by atoms with Crippen molar-refractivity contribution in [2.24, 2.45) is 0 Å². The van der Waals surface area contributed by atoms with Gasteiger partial charge in [0.2, 0.25) is 0 Å². The topological polar surface area (TPSA) is 77.4 Å². The highest BCUT2D eigenvalue weighted by Crippen LogP contribution is 2.17. The minimum Gasteiger partial charge on any atom is -0.451 e. The van der Waals surface area contributed by atoms with E-state index in [1.165, 1.54) is 11.0 Å². The fourth-order valence-electron chi connectivity index (χ4n) is 2.58. The maximum absolute atomic E-state index is 12.0. The molecular formula is C15H22N2O4S. The number of carbonyl (C=O) groups excluding carboxylic acids is 2. The van der Waals surface area contributed by atoms with Gasteiger partial charge in [-0.05, 0) is 26.7 Å². The molecule has 0 radical (unpaired) electrons. The third kappa shape index (κ3) is 4.43. The molecule has 1 fully saturated rings. The van der Waals surface area contributed by atoms with E-state index in [2.05, 4.69) is 5.32 Å². The Hall–Kier alpha value is -1.63. The lowest BCUT2D eigenvalue weighted by molar-refractivity contribution is -0.155. The summed E-state index contributed by atoms with van der Waals surface area (Å²) in [5.74, 6) is -0.843. The van der Waals surface area contributed by atoms with Gasteiger partial charge in [0.15, 0.2) is 6.10 Å². The average molecular weight is 326 g/mol. The van der Waals surface area contributed by atoms with Crippen LogP contribution in [0.3, 0.4) is 0 Å². The molecule has 0 aliphatic heterocycles. The molecule has 6 nitrogen and oxygen atoms in total. The van der Waals surface area contributed by atoms with E-state index in [1.54, 1.807) is 19.2 Å². The molecule has 0 bridgehead atoms. The van der Waals surface area contributed by atoms with Crippen LogP contribution in [0.2, 0.25) is 0 Å². The van der Waals surface area contributed by atoms with Crippen LogP contribution in [0.5, 0.6) is 0 Å². The zero-order valence-corrected chi connectivity index (χ0v) is 13.8. The van der Waals surface area contributed by atoms with E-state index < -0.39 is 12.1 Å². The van der Waals surface area contributed by atoms with Crippen LogP contribution in [-0.4, -0.2) is 28.6 Å². The first-order valence-electron chi connectivity index (χ1n) is 7.62. The number of nitrogens with zero attached hydrogens (tertiary/aromatic N) is 1. The van der Waals surface area contributed by atoms with Crippen molar-refractivity contribution in [2.75, 3.05) is 0 Å². The van der Waals surface area contributed by atoms with Crippen molar-refractivity contribution in [3.8, 4) is 0 Å². The SMILES string of the molecule is Cc1csc(=O)n1CC(=O)OC(C)C(=O)NC1CCCCC1. The fourth-order valence-corrected chi connectivity index (χ4v) is 3.31. The van der Waals surface area contributed by atoms with Crippen LogP contribution in [-0.2, 0) is 20.9 Å². The molecule has 1 aliphatic rings. The third-order valence-corrected chi connectivity index (χ3v) is 4.77. The molecule has 1 saturated carbocycles. The van der Waals surface area contributed by atoms with E-state index in [4.69, 9.17) is 4.74 Å². The van der Waals surface area contributed by atoms with E-state index in [-0.39, 0.29) is 23.4 Å². The van der Waals surface area contributed by atoms with E-state index in [0.717, 1.165) is 37.0 Å². The molecule has 1 aromatic rings. The minimum atomic E-state index is -0.843. The van der Waals surface area contributed by atoms with Crippen LogP contribution >= 0.6 is 11.3 Å². The van der Waals surface area contributed by atoms with Crippen LogP contribution in [0.25, 0.3) is 0 Å². The molecule has 1 aromatic heterocycles. The normalized spacial score (nSPS) is 17.0. The monoisotopic (exact) mass is 326 g/mol. The third-order valence-electron chi connectivity index (χ3n) is 3.89. The summed E-state index contributed by atoms with van der Waals surface area (Å²) in [7, 11) is 0. The maximum Gasteiger partial charge on any atom is 0.326 e. The fraction of sp³-hybridized carbons (Fsp3) is 0.667. The molecule has 1 aliphatic carbocycles. The Balaban J connectivity index is 1.82. The molecule has 1 N–H and O–H groups in total. The molecule has 1 heterocycles. The van der Waals surface area contributed by atoms with Gasteiger partial charge in [0.25, 0.3) is 5.91 Å². The number of rotatable bonds is 5. The molecule has 1 amide bonds. The number of thiazole rings is 1. The molecule has 22 heavy (non-hydrogen) atoms. The van der Waals surface area contributed by atoms with E-state index >= 15 is 0 Å². The van der Waals surface area contributed by atoms with Crippen LogP contribution in [0.1, 0.15) is 44.7 Å². The quantitative estimate of drug-likeness (QED) is 0.834. The molecule has 7 heteroatoms. The lowest BCUT2D eigenvalue weighted by Crippen LogP contribution is -2.43. The summed E-state index contributed by atoms with van der Waals surface area (Å²) in [5.41, 5.74) is 0.714. The Morgan fingerprint density at radius 1 is 1.41 bits per heavy atom. The molecule has 1 unspecified atom stereocenters. The summed E-state index contributed by atoms with van der Waals surface area (Å²) < 4.78 is 6.48. The first-order chi connectivity index (χ1) is 10.5. The second-order valence-corrected chi connectivity index (χ2v) is 6.53. The zero-order chi connectivity index (χ0) is 16.1. The highest BCUT2D eigenvalue weighted by atomic mass is 32.1. The van der Waals surface area contributed by atoms with Gasteiger partial charge in [-0.25, -0.2) is 0 Å². The first-order valence-corrected chi connectivity index (χ1v) is 8.50. The van der Waals surface area contributed by atoms with Gasteiger partial charge in [0, 0.05) is 17.1 Å². The Morgan fingerprint density at radius 2 is 2.09 bits per heavy atom. The summed E-state index contributed by atoms with van der Waals surface area (Å²) >= 11 is 1.04. The van der Waals surface area contributed by atoms with Gasteiger partial charge < -0.3 is 10.1 Å². The predicted molar refractivity (Wildman–Crippen MR) is 83.9 cm³/mol. The number of hydrogen-bond acceptors (Lipinski definition) is 5. The smallest absolute Gasteiger partial charge is 0.326 e. The lowest BCUT2D eigenvalue weighted by atomic mass is 9.95. The van der Waals surface area contributed by atoms with Crippen molar-refractivity contribution in [2.45, 2.75) is 64.6 Å². The largest absolute Gasteiger partial charge is 0.451 e. The Bertz CT molecular complexity index is 587. The van der Waals surface area contributed by atoms with Crippen LogP contribution < -0.4 is 10.2 Å². The number of esters is 1. The van der Waals surface area contributed by atoms with Crippen molar-refractivity contribution in [3.63, 3.8) is 0 Å². The van der Waals surface area contributed by atoms with Gasteiger partial charge in [0.1, 0.15) is 6.54 Å². The van der Waals surface area contributed by atoms with E-state index in [9.17, 15) is 14.4 Å². The van der Waals surface area contributed by atoms with Gasteiger partial charge in [-0.3, -0.25) is 19.0 Å². The van der Waals surface area contributed by atoms with E-state index in [0.29, 0.717) is 5.69 Å². The summed E-state index contributed by atoms with van der Waals surface area (Å²) in [6.45, 7) is 3.15. The molecular weight excluding hydrogens is 304 g/mol. The number of amides is 1. The Kier molecular flexibility index (Phi) is 5.76. The van der Waals surface area contributed by atoms with Crippen molar-refractivity contribution < 1.29 is 14.3 Å². The summed E-state index contributed by atoms with van der Waals surface area (Å²) in [4.78, 5) is 35.2. The highest BCUT2D eigenvalue weighted by Gasteiger charge is 2.22. The van der Waals surface area contributed by atoms with Gasteiger partial charge in [-0.1, -0.05) is 30.6 Å². The predicted octanol–water partition coefficient (Wildman–Crippen LogP) is 1.60. The van der Waals surface area contributed by atoms with Crippen molar-refractivity contribution in [1.82, 2.24) is 9.88 Å². The van der Waals surface area contributed by atoms with E-state index in [1.807, 2.05) is 0 Å². The Morgan fingerprint density at radius 3 is 2.68 bits per heavy atom. The number of aromatic nitrogens is 1. The maximum atomic E-state index is 12.0. The second kappa shape index (κ2) is 7.58. The van der Waals surface area contributed by atoms with Gasteiger partial charge in [-0.2, -0.15) is 0 Å². The lowest BCUT2D eigenvalue weighted by Gasteiger charge is -2.24. The molecule has 0 aromatic carbocycles. The number of hydrogen-bond donors (Lipinski definition) is 1. The minimum absolute atomic E-state index is 0.158. The first kappa shape index (κ1) is 16.7. The number of aryl methyl sites for hydroxylation is 1. The molecule has 0 saturated heterocycles. The second-order valence-electron chi connectivity index (χ2n) is 5.70. The highest BCUT2D eigenvalue weighted by molar-refractivity contribution is 7.07. The molecule has 1 atom stereocenters. The summed E-state index contributed by atoms with van der Waals surface area (Å²) in [5, 5.41) is 4.61. The Labute approximate surface area is 133 Å². The molecule has 2 rings (SSSR count). The van der Waals surface area contributed by atoms with Crippen LogP contribution in [0, 0.1) is 6.92 Å². The molecule has 122 valence electrons.